The van der Waals surface area contributed by atoms with Gasteiger partial charge in [-0.2, -0.15) is 0 Å². The van der Waals surface area contributed by atoms with Gasteiger partial charge in [-0.3, -0.25) is 0 Å². The fourth-order valence-electron chi connectivity index (χ4n) is 1.76. The molecule has 0 saturated heterocycles. The maximum atomic E-state index is 11.6. The molecule has 110 valence electrons. The maximum absolute atomic E-state index is 11.6. The van der Waals surface area contributed by atoms with Crippen molar-refractivity contribution in [3.8, 4) is 0 Å². The summed E-state index contributed by atoms with van der Waals surface area (Å²) in [6.45, 7) is 0.418. The van der Waals surface area contributed by atoms with E-state index in [0.717, 1.165) is 11.1 Å². The largest absolute Gasteiger partial charge is 0.459 e. The molecule has 0 aliphatic carbocycles. The molecule has 0 heterocycles. The lowest BCUT2D eigenvalue weighted by Crippen LogP contribution is -2.27. The van der Waals surface area contributed by atoms with Gasteiger partial charge in [0.15, 0.2) is 6.10 Å². The van der Waals surface area contributed by atoms with Crippen molar-refractivity contribution < 1.29 is 19.4 Å². The first-order chi connectivity index (χ1) is 10.3. The number of hydrogen-bond donors (Lipinski definition) is 1. The second kappa shape index (κ2) is 8.19. The predicted octanol–water partition coefficient (Wildman–Crippen LogP) is 2.31. The van der Waals surface area contributed by atoms with Crippen LogP contribution in [0.5, 0.6) is 0 Å². The molecule has 1 N–H and O–H groups in total. The van der Waals surface area contributed by atoms with Crippen molar-refractivity contribution in [2.75, 3.05) is 6.61 Å². The second-order valence-electron chi connectivity index (χ2n) is 4.61. The van der Waals surface area contributed by atoms with Gasteiger partial charge in [0.2, 0.25) is 0 Å². The van der Waals surface area contributed by atoms with Crippen molar-refractivity contribution in [3.05, 3.63) is 71.8 Å². The van der Waals surface area contributed by atoms with Crippen molar-refractivity contribution in [1.82, 2.24) is 0 Å². The van der Waals surface area contributed by atoms with E-state index in [-0.39, 0.29) is 13.2 Å². The molecule has 0 bridgehead atoms. The first-order valence-corrected chi connectivity index (χ1v) is 6.76. The fraction of sp³-hybridized carbons (Fsp3) is 0.235. The first-order valence-electron chi connectivity index (χ1n) is 6.76. The van der Waals surface area contributed by atoms with Crippen LogP contribution in [-0.2, 0) is 27.5 Å². The zero-order valence-electron chi connectivity index (χ0n) is 11.6. The normalized spacial score (nSPS) is 11.9. The van der Waals surface area contributed by atoms with Gasteiger partial charge in [0, 0.05) is 0 Å². The van der Waals surface area contributed by atoms with Crippen LogP contribution >= 0.6 is 0 Å². The Morgan fingerprint density at radius 3 is 2.00 bits per heavy atom. The number of aliphatic hydroxyl groups is 1. The minimum Gasteiger partial charge on any atom is -0.459 e. The highest BCUT2D eigenvalue weighted by Crippen LogP contribution is 2.04. The van der Waals surface area contributed by atoms with E-state index in [1.54, 1.807) is 0 Å². The van der Waals surface area contributed by atoms with Crippen LogP contribution < -0.4 is 0 Å². The molecule has 0 amide bonds. The number of carbonyl (C=O) groups is 1. The molecule has 4 nitrogen and oxygen atoms in total. The summed E-state index contributed by atoms with van der Waals surface area (Å²) in [5, 5.41) is 9.67. The quantitative estimate of drug-likeness (QED) is 0.794. The lowest BCUT2D eigenvalue weighted by atomic mass is 10.2. The van der Waals surface area contributed by atoms with E-state index in [9.17, 15) is 9.90 Å². The summed E-state index contributed by atoms with van der Waals surface area (Å²) in [5.74, 6) is -0.674. The Morgan fingerprint density at radius 1 is 0.905 bits per heavy atom. The molecule has 0 aliphatic heterocycles. The van der Waals surface area contributed by atoms with E-state index in [0.29, 0.717) is 6.61 Å². The molecule has 0 spiro atoms. The van der Waals surface area contributed by atoms with Crippen molar-refractivity contribution in [3.63, 3.8) is 0 Å². The summed E-state index contributed by atoms with van der Waals surface area (Å²) in [5.41, 5.74) is 1.87. The Balaban J connectivity index is 1.68. The number of hydrogen-bond acceptors (Lipinski definition) is 4. The zero-order chi connectivity index (χ0) is 14.9. The maximum Gasteiger partial charge on any atom is 0.337 e. The van der Waals surface area contributed by atoms with Crippen molar-refractivity contribution >= 4 is 5.97 Å². The van der Waals surface area contributed by atoms with E-state index in [1.807, 2.05) is 60.7 Å². The Morgan fingerprint density at radius 2 is 1.43 bits per heavy atom. The van der Waals surface area contributed by atoms with Crippen LogP contribution in [-0.4, -0.2) is 23.8 Å². The SMILES string of the molecule is O=C(OCc1ccccc1)[C@H](O)COCc1ccccc1. The number of carbonyl (C=O) groups excluding carboxylic acids is 1. The van der Waals surface area contributed by atoms with Crippen LogP contribution in [0, 0.1) is 0 Å². The minimum atomic E-state index is -1.27. The van der Waals surface area contributed by atoms with E-state index in [1.165, 1.54) is 0 Å². The fourth-order valence-corrected chi connectivity index (χ4v) is 1.76. The van der Waals surface area contributed by atoms with E-state index in [2.05, 4.69) is 0 Å². The van der Waals surface area contributed by atoms with E-state index in [4.69, 9.17) is 9.47 Å². The van der Waals surface area contributed by atoms with Gasteiger partial charge in [0.25, 0.3) is 0 Å². The van der Waals surface area contributed by atoms with Gasteiger partial charge in [-0.25, -0.2) is 4.79 Å². The monoisotopic (exact) mass is 286 g/mol. The van der Waals surface area contributed by atoms with Gasteiger partial charge in [0.1, 0.15) is 6.61 Å². The molecule has 1 atom stereocenters. The highest BCUT2D eigenvalue weighted by Gasteiger charge is 2.16. The van der Waals surface area contributed by atoms with Crippen molar-refractivity contribution in [1.29, 1.82) is 0 Å². The molecule has 4 heteroatoms. The molecule has 0 saturated carbocycles. The molecule has 0 unspecified atom stereocenters. The summed E-state index contributed by atoms with van der Waals surface area (Å²) < 4.78 is 10.3. The summed E-state index contributed by atoms with van der Waals surface area (Å²) in [4.78, 5) is 11.6. The number of rotatable bonds is 7. The van der Waals surface area contributed by atoms with Gasteiger partial charge in [-0.05, 0) is 11.1 Å². The summed E-state index contributed by atoms with van der Waals surface area (Å²) in [6.07, 6.45) is -1.27. The Hall–Kier alpha value is -2.17. The molecule has 0 radical (unpaired) electrons. The number of esters is 1. The average molecular weight is 286 g/mol. The third-order valence-electron chi connectivity index (χ3n) is 2.88. The van der Waals surface area contributed by atoms with Gasteiger partial charge < -0.3 is 14.6 Å². The topological polar surface area (TPSA) is 55.8 Å². The van der Waals surface area contributed by atoms with Crippen LogP contribution in [0.3, 0.4) is 0 Å². The average Bonchev–Trinajstić information content (AvgIpc) is 2.54. The van der Waals surface area contributed by atoms with Gasteiger partial charge in [-0.15, -0.1) is 0 Å². The van der Waals surface area contributed by atoms with Crippen LogP contribution in [0.25, 0.3) is 0 Å². The Labute approximate surface area is 123 Å². The molecule has 0 fully saturated rings. The van der Waals surface area contributed by atoms with E-state index >= 15 is 0 Å². The Bertz CT molecular complexity index is 539. The molecule has 2 aromatic carbocycles. The van der Waals surface area contributed by atoms with E-state index < -0.39 is 12.1 Å². The smallest absolute Gasteiger partial charge is 0.337 e. The second-order valence-corrected chi connectivity index (χ2v) is 4.61. The third-order valence-corrected chi connectivity index (χ3v) is 2.88. The molecule has 0 aromatic heterocycles. The number of benzene rings is 2. The number of ether oxygens (including phenoxy) is 2. The Kier molecular flexibility index (Phi) is 5.94. The van der Waals surface area contributed by atoms with Crippen LogP contribution in [0.2, 0.25) is 0 Å². The lowest BCUT2D eigenvalue weighted by Gasteiger charge is -2.11. The van der Waals surface area contributed by atoms with Crippen molar-refractivity contribution in [2.24, 2.45) is 0 Å². The van der Waals surface area contributed by atoms with Gasteiger partial charge in [-0.1, -0.05) is 60.7 Å². The standard InChI is InChI=1S/C17H18O4/c18-16(13-20-11-14-7-3-1-4-8-14)17(19)21-12-15-9-5-2-6-10-15/h1-10,16,18H,11-13H2/t16-/m1/s1. The van der Waals surface area contributed by atoms with Crippen molar-refractivity contribution in [2.45, 2.75) is 19.3 Å². The summed E-state index contributed by atoms with van der Waals surface area (Å²) >= 11 is 0. The first kappa shape index (κ1) is 15.2. The van der Waals surface area contributed by atoms with Crippen LogP contribution in [0.4, 0.5) is 0 Å². The predicted molar refractivity (Wildman–Crippen MR) is 78.3 cm³/mol. The molecule has 21 heavy (non-hydrogen) atoms. The third kappa shape index (κ3) is 5.38. The highest BCUT2D eigenvalue weighted by molar-refractivity contribution is 5.74. The van der Waals surface area contributed by atoms with Gasteiger partial charge >= 0.3 is 5.97 Å². The lowest BCUT2D eigenvalue weighted by molar-refractivity contribution is -0.158. The number of aliphatic hydroxyl groups excluding tert-OH is 1. The summed E-state index contributed by atoms with van der Waals surface area (Å²) in [7, 11) is 0. The van der Waals surface area contributed by atoms with Crippen LogP contribution in [0.15, 0.2) is 60.7 Å². The highest BCUT2D eigenvalue weighted by atomic mass is 16.6. The summed E-state index contributed by atoms with van der Waals surface area (Å²) in [6, 6.07) is 18.9. The van der Waals surface area contributed by atoms with Gasteiger partial charge in [0.05, 0.1) is 13.2 Å². The molecular formula is C17H18O4. The molecule has 2 aromatic rings. The van der Waals surface area contributed by atoms with Crippen LogP contribution in [0.1, 0.15) is 11.1 Å². The zero-order valence-corrected chi connectivity index (χ0v) is 11.6. The molecule has 0 aliphatic rings. The molecular weight excluding hydrogens is 268 g/mol. The molecule has 2 rings (SSSR count). The minimum absolute atomic E-state index is 0.0808.